The number of allylic oxidation sites excluding steroid dienone is 2. The van der Waals surface area contributed by atoms with Gasteiger partial charge in [-0.1, -0.05) is 49.8 Å². The van der Waals surface area contributed by atoms with Crippen molar-refractivity contribution in [2.45, 2.75) is 26.2 Å². The lowest BCUT2D eigenvalue weighted by Crippen LogP contribution is -2.27. The molecule has 0 aromatic heterocycles. The molecule has 1 aromatic rings. The second kappa shape index (κ2) is 3.34. The summed E-state index contributed by atoms with van der Waals surface area (Å²) in [5.74, 6) is 0.290. The van der Waals surface area contributed by atoms with Crippen LogP contribution >= 0.6 is 0 Å². The SMILES string of the molecule is Cc1ccc(C2(C)C=CC(=O)C2C)cc1. The second-order valence-electron chi connectivity index (χ2n) is 4.61. The van der Waals surface area contributed by atoms with Crippen LogP contribution in [0.5, 0.6) is 0 Å². The van der Waals surface area contributed by atoms with Gasteiger partial charge in [0.1, 0.15) is 0 Å². The van der Waals surface area contributed by atoms with Crippen molar-refractivity contribution in [3.05, 3.63) is 47.5 Å². The van der Waals surface area contributed by atoms with Gasteiger partial charge in [0.25, 0.3) is 0 Å². The van der Waals surface area contributed by atoms with Gasteiger partial charge >= 0.3 is 0 Å². The van der Waals surface area contributed by atoms with Crippen molar-refractivity contribution in [3.63, 3.8) is 0 Å². The number of aryl methyl sites for hydroxylation is 1. The standard InChI is InChI=1S/C14H16O/c1-10-4-6-12(7-5-10)14(3)9-8-13(15)11(14)2/h4-9,11H,1-3H3. The van der Waals surface area contributed by atoms with E-state index in [4.69, 9.17) is 0 Å². The molecule has 78 valence electrons. The Labute approximate surface area is 90.8 Å². The Balaban J connectivity index is 2.42. The fourth-order valence-corrected chi connectivity index (χ4v) is 2.10. The van der Waals surface area contributed by atoms with Crippen molar-refractivity contribution in [2.75, 3.05) is 0 Å². The van der Waals surface area contributed by atoms with Gasteiger partial charge in [-0.15, -0.1) is 0 Å². The smallest absolute Gasteiger partial charge is 0.159 e. The van der Waals surface area contributed by atoms with Crippen LogP contribution in [0.15, 0.2) is 36.4 Å². The number of hydrogen-bond donors (Lipinski definition) is 0. The number of rotatable bonds is 1. The molecule has 0 fully saturated rings. The third kappa shape index (κ3) is 1.52. The van der Waals surface area contributed by atoms with Gasteiger partial charge in [0.2, 0.25) is 0 Å². The molecule has 0 saturated heterocycles. The van der Waals surface area contributed by atoms with Gasteiger partial charge in [0.05, 0.1) is 0 Å². The molecule has 0 N–H and O–H groups in total. The summed E-state index contributed by atoms with van der Waals surface area (Å²) in [7, 11) is 0. The zero-order valence-electron chi connectivity index (χ0n) is 9.45. The molecule has 0 heterocycles. The lowest BCUT2D eigenvalue weighted by atomic mass is 9.75. The monoisotopic (exact) mass is 200 g/mol. The first-order valence-electron chi connectivity index (χ1n) is 5.34. The second-order valence-corrected chi connectivity index (χ2v) is 4.61. The minimum absolute atomic E-state index is 0.0557. The molecule has 2 unspecified atom stereocenters. The van der Waals surface area contributed by atoms with Gasteiger partial charge in [0, 0.05) is 11.3 Å². The van der Waals surface area contributed by atoms with E-state index in [0.717, 1.165) is 0 Å². The number of carbonyl (C=O) groups is 1. The van der Waals surface area contributed by atoms with Crippen LogP contribution in [0.2, 0.25) is 0 Å². The predicted octanol–water partition coefficient (Wildman–Crippen LogP) is 3.03. The van der Waals surface area contributed by atoms with Crippen molar-refractivity contribution in [1.82, 2.24) is 0 Å². The molecular formula is C14H16O. The van der Waals surface area contributed by atoms with Gasteiger partial charge in [-0.3, -0.25) is 4.79 Å². The van der Waals surface area contributed by atoms with E-state index in [-0.39, 0.29) is 17.1 Å². The predicted molar refractivity (Wildman–Crippen MR) is 61.8 cm³/mol. The van der Waals surface area contributed by atoms with Crippen LogP contribution in [0.25, 0.3) is 0 Å². The van der Waals surface area contributed by atoms with Crippen LogP contribution in [0, 0.1) is 12.8 Å². The molecule has 0 amide bonds. The third-order valence-corrected chi connectivity index (χ3v) is 3.59. The van der Waals surface area contributed by atoms with Gasteiger partial charge < -0.3 is 0 Å². The first-order chi connectivity index (χ1) is 7.04. The topological polar surface area (TPSA) is 17.1 Å². The van der Waals surface area contributed by atoms with Crippen LogP contribution in [-0.2, 0) is 10.2 Å². The average molecular weight is 200 g/mol. The molecule has 1 aromatic carbocycles. The van der Waals surface area contributed by atoms with Crippen molar-refractivity contribution in [3.8, 4) is 0 Å². The third-order valence-electron chi connectivity index (χ3n) is 3.59. The van der Waals surface area contributed by atoms with Gasteiger partial charge in [0.15, 0.2) is 5.78 Å². The lowest BCUT2D eigenvalue weighted by molar-refractivity contribution is -0.118. The minimum Gasteiger partial charge on any atom is -0.295 e. The quantitative estimate of drug-likeness (QED) is 0.681. The fraction of sp³-hybridized carbons (Fsp3) is 0.357. The van der Waals surface area contributed by atoms with Gasteiger partial charge in [-0.25, -0.2) is 0 Å². The van der Waals surface area contributed by atoms with E-state index in [1.807, 2.05) is 13.0 Å². The summed E-state index contributed by atoms with van der Waals surface area (Å²) in [6.07, 6.45) is 3.75. The van der Waals surface area contributed by atoms with Crippen molar-refractivity contribution < 1.29 is 4.79 Å². The highest BCUT2D eigenvalue weighted by Crippen LogP contribution is 2.38. The zero-order valence-corrected chi connectivity index (χ0v) is 9.45. The Morgan fingerprint density at radius 2 is 1.80 bits per heavy atom. The summed E-state index contributed by atoms with van der Waals surface area (Å²) in [4.78, 5) is 11.5. The molecule has 1 heteroatoms. The number of benzene rings is 1. The number of hydrogen-bond acceptors (Lipinski definition) is 1. The maximum absolute atomic E-state index is 11.5. The lowest BCUT2D eigenvalue weighted by Gasteiger charge is -2.27. The van der Waals surface area contributed by atoms with Crippen molar-refractivity contribution in [1.29, 1.82) is 0 Å². The van der Waals surface area contributed by atoms with Gasteiger partial charge in [-0.2, -0.15) is 0 Å². The van der Waals surface area contributed by atoms with E-state index in [1.165, 1.54) is 11.1 Å². The Morgan fingerprint density at radius 3 is 2.27 bits per heavy atom. The Hall–Kier alpha value is -1.37. The fourth-order valence-electron chi connectivity index (χ4n) is 2.10. The van der Waals surface area contributed by atoms with Crippen molar-refractivity contribution >= 4 is 5.78 Å². The summed E-state index contributed by atoms with van der Waals surface area (Å²) in [6.45, 7) is 6.21. The van der Waals surface area contributed by atoms with E-state index < -0.39 is 0 Å². The van der Waals surface area contributed by atoms with E-state index >= 15 is 0 Å². The average Bonchev–Trinajstić information content (AvgIpc) is 2.48. The molecule has 0 aliphatic heterocycles. The molecule has 0 spiro atoms. The molecule has 1 aliphatic rings. The minimum atomic E-state index is -0.120. The largest absolute Gasteiger partial charge is 0.295 e. The highest BCUT2D eigenvalue weighted by atomic mass is 16.1. The molecule has 2 rings (SSSR count). The van der Waals surface area contributed by atoms with E-state index in [2.05, 4.69) is 38.1 Å². The maximum atomic E-state index is 11.5. The first-order valence-corrected chi connectivity index (χ1v) is 5.34. The Bertz CT molecular complexity index is 413. The van der Waals surface area contributed by atoms with Crippen LogP contribution < -0.4 is 0 Å². The highest BCUT2D eigenvalue weighted by molar-refractivity contribution is 5.96. The molecular weight excluding hydrogens is 184 g/mol. The van der Waals surface area contributed by atoms with Crippen molar-refractivity contribution in [2.24, 2.45) is 5.92 Å². The molecule has 0 bridgehead atoms. The molecule has 1 aliphatic carbocycles. The van der Waals surface area contributed by atoms with Crippen LogP contribution in [0.3, 0.4) is 0 Å². The molecule has 2 atom stereocenters. The summed E-state index contributed by atoms with van der Waals surface area (Å²) < 4.78 is 0. The number of carbonyl (C=O) groups excluding carboxylic acids is 1. The van der Waals surface area contributed by atoms with Crippen LogP contribution in [0.4, 0.5) is 0 Å². The normalized spacial score (nSPS) is 29.8. The Morgan fingerprint density at radius 1 is 1.20 bits per heavy atom. The maximum Gasteiger partial charge on any atom is 0.159 e. The molecule has 0 radical (unpaired) electrons. The molecule has 15 heavy (non-hydrogen) atoms. The van der Waals surface area contributed by atoms with Gasteiger partial charge in [-0.05, 0) is 18.6 Å². The summed E-state index contributed by atoms with van der Waals surface area (Å²) in [5.41, 5.74) is 2.36. The van der Waals surface area contributed by atoms with E-state index in [0.29, 0.717) is 0 Å². The summed E-state index contributed by atoms with van der Waals surface area (Å²) >= 11 is 0. The van der Waals surface area contributed by atoms with E-state index in [1.54, 1.807) is 6.08 Å². The summed E-state index contributed by atoms with van der Waals surface area (Å²) in [5, 5.41) is 0. The summed E-state index contributed by atoms with van der Waals surface area (Å²) in [6, 6.07) is 8.44. The van der Waals surface area contributed by atoms with E-state index in [9.17, 15) is 4.79 Å². The van der Waals surface area contributed by atoms with Crippen LogP contribution in [0.1, 0.15) is 25.0 Å². The van der Waals surface area contributed by atoms with Crippen LogP contribution in [-0.4, -0.2) is 5.78 Å². The Kier molecular flexibility index (Phi) is 2.26. The molecule has 0 saturated carbocycles. The number of ketones is 1. The first kappa shape index (κ1) is 10.2. The molecule has 1 nitrogen and oxygen atoms in total. The zero-order chi connectivity index (χ0) is 11.1. The highest BCUT2D eigenvalue weighted by Gasteiger charge is 2.38.